The van der Waals surface area contributed by atoms with E-state index < -0.39 is 41.0 Å². The van der Waals surface area contributed by atoms with Crippen molar-refractivity contribution in [3.63, 3.8) is 0 Å². The number of carbonyl (C=O) groups is 3. The summed E-state index contributed by atoms with van der Waals surface area (Å²) in [6, 6.07) is 0. The highest BCUT2D eigenvalue weighted by Gasteiger charge is 2.70. The van der Waals surface area contributed by atoms with Crippen LogP contribution in [0.4, 0.5) is 4.39 Å². The van der Waals surface area contributed by atoms with E-state index >= 15 is 4.39 Å². The summed E-state index contributed by atoms with van der Waals surface area (Å²) >= 11 is 0. The number of carbonyl (C=O) groups excluding carboxylic acids is 3. The van der Waals surface area contributed by atoms with Gasteiger partial charge < -0.3 is 9.84 Å². The first-order valence-electron chi connectivity index (χ1n) is 10.6. The molecule has 0 aromatic rings. The van der Waals surface area contributed by atoms with Crippen LogP contribution in [0.2, 0.25) is 0 Å². The van der Waals surface area contributed by atoms with Gasteiger partial charge in [-0.05, 0) is 55.7 Å². The summed E-state index contributed by atoms with van der Waals surface area (Å²) in [7, 11) is 0. The molecule has 6 heteroatoms. The Labute approximate surface area is 176 Å². The zero-order chi connectivity index (χ0) is 22.1. The maximum absolute atomic E-state index is 15.3. The van der Waals surface area contributed by atoms with Crippen molar-refractivity contribution in [1.82, 2.24) is 0 Å². The highest BCUT2D eigenvalue weighted by atomic mass is 19.1. The molecule has 0 bridgehead atoms. The number of allylic oxidation sites excluding steroid dienone is 6. The van der Waals surface area contributed by atoms with Crippen molar-refractivity contribution >= 4 is 17.5 Å². The molecule has 0 aliphatic heterocycles. The molecule has 0 amide bonds. The van der Waals surface area contributed by atoms with Gasteiger partial charge in [0.1, 0.15) is 12.8 Å². The van der Waals surface area contributed by atoms with Crippen molar-refractivity contribution in [2.24, 2.45) is 28.6 Å². The molecular weight excluding hydrogens is 387 g/mol. The standard InChI is InChI=1S/C24H29FO5/c1-13-9-18-16-11-20(25)19-10-15(28)5-7-22(19,3)17(16)6-8-23(18,4)24(13,21(29)12-26)30-14(2)27/h5-7,10,13,16,18,20,26H,8-9,11-12H2,1-4H3/t13?,16-,18+,20?,22-,23+,24+/m1/s1. The minimum absolute atomic E-state index is 0.0787. The number of ether oxygens (including phenoxy) is 1. The second-order valence-corrected chi connectivity index (χ2v) is 9.78. The van der Waals surface area contributed by atoms with Crippen LogP contribution < -0.4 is 0 Å². The zero-order valence-electron chi connectivity index (χ0n) is 17.9. The molecule has 1 N–H and O–H groups in total. The van der Waals surface area contributed by atoms with Gasteiger partial charge in [0.25, 0.3) is 0 Å². The summed E-state index contributed by atoms with van der Waals surface area (Å²) in [6.07, 6.45) is 6.85. The van der Waals surface area contributed by atoms with Gasteiger partial charge in [-0.2, -0.15) is 0 Å². The van der Waals surface area contributed by atoms with Crippen molar-refractivity contribution < 1.29 is 28.6 Å². The Balaban J connectivity index is 1.85. The number of aliphatic hydroxyl groups is 1. The molecule has 0 spiro atoms. The topological polar surface area (TPSA) is 80.7 Å². The summed E-state index contributed by atoms with van der Waals surface area (Å²) in [6.45, 7) is 6.34. The molecule has 4 aliphatic carbocycles. The fraction of sp³-hybridized carbons (Fsp3) is 0.625. The summed E-state index contributed by atoms with van der Waals surface area (Å²) in [5.74, 6) is -1.75. The van der Waals surface area contributed by atoms with Crippen molar-refractivity contribution in [2.45, 2.75) is 58.7 Å². The molecule has 30 heavy (non-hydrogen) atoms. The lowest BCUT2D eigenvalue weighted by Gasteiger charge is -2.54. The van der Waals surface area contributed by atoms with Crippen LogP contribution in [-0.2, 0) is 19.1 Å². The van der Waals surface area contributed by atoms with Crippen molar-refractivity contribution in [2.75, 3.05) is 6.61 Å². The third-order valence-corrected chi connectivity index (χ3v) is 8.34. The van der Waals surface area contributed by atoms with Crippen LogP contribution in [0.15, 0.2) is 35.5 Å². The van der Waals surface area contributed by atoms with E-state index in [1.807, 2.05) is 20.8 Å². The molecule has 7 atom stereocenters. The predicted molar refractivity (Wildman–Crippen MR) is 108 cm³/mol. The zero-order valence-corrected chi connectivity index (χ0v) is 17.9. The third kappa shape index (κ3) is 2.52. The molecule has 5 nitrogen and oxygen atoms in total. The molecule has 2 unspecified atom stereocenters. The Morgan fingerprint density at radius 3 is 2.60 bits per heavy atom. The molecule has 0 heterocycles. The number of Topliss-reactive ketones (excluding diaryl/α,β-unsaturated/α-hetero) is 1. The first kappa shape index (κ1) is 21.2. The van der Waals surface area contributed by atoms with E-state index in [9.17, 15) is 19.5 Å². The molecule has 0 aromatic heterocycles. The normalized spacial score (nSPS) is 44.4. The Kier molecular flexibility index (Phi) is 4.73. The van der Waals surface area contributed by atoms with E-state index in [4.69, 9.17) is 4.74 Å². The number of hydrogen-bond donors (Lipinski definition) is 1. The first-order chi connectivity index (χ1) is 14.0. The average Bonchev–Trinajstić information content (AvgIpc) is 2.90. The Morgan fingerprint density at radius 1 is 1.27 bits per heavy atom. The van der Waals surface area contributed by atoms with Gasteiger partial charge in [-0.3, -0.25) is 14.4 Å². The molecule has 162 valence electrons. The maximum Gasteiger partial charge on any atom is 0.303 e. The lowest BCUT2D eigenvalue weighted by atomic mass is 9.51. The summed E-state index contributed by atoms with van der Waals surface area (Å²) in [4.78, 5) is 36.9. The van der Waals surface area contributed by atoms with Crippen molar-refractivity contribution in [3.05, 3.63) is 35.5 Å². The smallest absolute Gasteiger partial charge is 0.303 e. The quantitative estimate of drug-likeness (QED) is 0.564. The largest absolute Gasteiger partial charge is 0.450 e. The van der Waals surface area contributed by atoms with Crippen molar-refractivity contribution in [3.8, 4) is 0 Å². The minimum atomic E-state index is -1.43. The van der Waals surface area contributed by atoms with Crippen molar-refractivity contribution in [1.29, 1.82) is 0 Å². The highest BCUT2D eigenvalue weighted by Crippen LogP contribution is 2.67. The van der Waals surface area contributed by atoms with Crippen LogP contribution in [0.5, 0.6) is 0 Å². The number of halogens is 1. The van der Waals surface area contributed by atoms with E-state index in [2.05, 4.69) is 6.08 Å². The Hall–Kier alpha value is -2.08. The lowest BCUT2D eigenvalue weighted by molar-refractivity contribution is -0.188. The second-order valence-electron chi connectivity index (χ2n) is 9.78. The van der Waals surface area contributed by atoms with E-state index in [1.54, 1.807) is 6.08 Å². The summed E-state index contributed by atoms with van der Waals surface area (Å²) in [5.41, 5.74) is -1.24. The number of fused-ring (bicyclic) bond motifs is 5. The van der Waals surface area contributed by atoms with Gasteiger partial charge in [0, 0.05) is 23.7 Å². The van der Waals surface area contributed by atoms with E-state index in [1.165, 1.54) is 19.1 Å². The van der Waals surface area contributed by atoms with Gasteiger partial charge in [0.15, 0.2) is 11.4 Å². The lowest BCUT2D eigenvalue weighted by Crippen LogP contribution is -2.60. The summed E-state index contributed by atoms with van der Waals surface area (Å²) in [5, 5.41) is 9.73. The van der Waals surface area contributed by atoms with E-state index in [0.717, 1.165) is 5.57 Å². The van der Waals surface area contributed by atoms with Gasteiger partial charge in [-0.1, -0.05) is 31.6 Å². The number of hydrogen-bond acceptors (Lipinski definition) is 5. The van der Waals surface area contributed by atoms with Gasteiger partial charge in [-0.15, -0.1) is 0 Å². The highest BCUT2D eigenvalue weighted by molar-refractivity contribution is 6.01. The van der Waals surface area contributed by atoms with Gasteiger partial charge in [-0.25, -0.2) is 4.39 Å². The van der Waals surface area contributed by atoms with Crippen LogP contribution >= 0.6 is 0 Å². The number of esters is 1. The van der Waals surface area contributed by atoms with Gasteiger partial charge >= 0.3 is 5.97 Å². The molecule has 0 aromatic carbocycles. The maximum atomic E-state index is 15.3. The minimum Gasteiger partial charge on any atom is -0.450 e. The summed E-state index contributed by atoms with van der Waals surface area (Å²) < 4.78 is 21.1. The van der Waals surface area contributed by atoms with E-state index in [0.29, 0.717) is 18.4 Å². The van der Waals surface area contributed by atoms with Crippen LogP contribution in [0.25, 0.3) is 0 Å². The second kappa shape index (κ2) is 6.71. The SMILES string of the molecule is CC(=O)O[C@]1(C(=O)CO)C(C)C[C@H]2[C@@H]3CC(F)C4=CC(=O)C=C[C@]4(C)C3=CC[C@@]21C. The van der Waals surface area contributed by atoms with Gasteiger partial charge in [0.2, 0.25) is 5.78 Å². The molecular formula is C24H29FO5. The van der Waals surface area contributed by atoms with Gasteiger partial charge in [0.05, 0.1) is 0 Å². The average molecular weight is 416 g/mol. The Morgan fingerprint density at radius 2 is 1.97 bits per heavy atom. The first-order valence-corrected chi connectivity index (χ1v) is 10.6. The number of ketones is 2. The molecule has 4 aliphatic rings. The predicted octanol–water partition coefficient (Wildman–Crippen LogP) is 3.27. The van der Waals surface area contributed by atoms with Crippen LogP contribution in [0.3, 0.4) is 0 Å². The fourth-order valence-corrected chi connectivity index (χ4v) is 7.07. The monoisotopic (exact) mass is 416 g/mol. The van der Waals surface area contributed by atoms with Crippen LogP contribution in [0, 0.1) is 28.6 Å². The van der Waals surface area contributed by atoms with Crippen LogP contribution in [-0.4, -0.2) is 41.0 Å². The number of rotatable bonds is 3. The number of aliphatic hydroxyl groups excluding tert-OH is 1. The fourth-order valence-electron chi connectivity index (χ4n) is 7.07. The molecule has 2 fully saturated rings. The van der Waals surface area contributed by atoms with Crippen LogP contribution in [0.1, 0.15) is 47.0 Å². The molecule has 4 rings (SSSR count). The van der Waals surface area contributed by atoms with E-state index in [-0.39, 0.29) is 30.0 Å². The Bertz CT molecular complexity index is 917. The molecule has 0 radical (unpaired) electrons. The third-order valence-electron chi connectivity index (χ3n) is 8.34. The molecule has 2 saturated carbocycles. The molecule has 0 saturated heterocycles. The number of alkyl halides is 1.